The van der Waals surface area contributed by atoms with E-state index in [0.717, 1.165) is 12.1 Å². The van der Waals surface area contributed by atoms with E-state index in [2.05, 4.69) is 10.3 Å². The van der Waals surface area contributed by atoms with Crippen molar-refractivity contribution in [1.29, 1.82) is 0 Å². The number of nitrogens with one attached hydrogen (secondary N) is 2. The fourth-order valence-corrected chi connectivity index (χ4v) is 1.86. The summed E-state index contributed by atoms with van der Waals surface area (Å²) in [5.41, 5.74) is 0.819. The molecular formula is C9H13N3O2. The van der Waals surface area contributed by atoms with Crippen LogP contribution in [0.25, 0.3) is 0 Å². The molecule has 1 aromatic heterocycles. The van der Waals surface area contributed by atoms with Crippen LogP contribution in [0, 0.1) is 6.92 Å². The largest absolute Gasteiger partial charge is 0.354 e. The highest BCUT2D eigenvalue weighted by atomic mass is 16.2. The van der Waals surface area contributed by atoms with Gasteiger partial charge in [0.25, 0.3) is 0 Å². The van der Waals surface area contributed by atoms with Crippen LogP contribution >= 0.6 is 0 Å². The molecule has 76 valence electrons. The van der Waals surface area contributed by atoms with Crippen molar-refractivity contribution in [2.75, 3.05) is 6.54 Å². The molecule has 0 bridgehead atoms. The van der Waals surface area contributed by atoms with E-state index in [1.807, 2.05) is 6.92 Å². The average Bonchev–Trinajstić information content (AvgIpc) is 2.49. The molecule has 1 aliphatic rings. The van der Waals surface area contributed by atoms with Crippen molar-refractivity contribution in [2.45, 2.75) is 25.8 Å². The summed E-state index contributed by atoms with van der Waals surface area (Å²) in [6.45, 7) is 2.44. The van der Waals surface area contributed by atoms with Crippen LogP contribution in [0.1, 0.15) is 24.6 Å². The van der Waals surface area contributed by atoms with E-state index in [1.54, 1.807) is 10.8 Å². The molecule has 0 aromatic carbocycles. The van der Waals surface area contributed by atoms with E-state index in [0.29, 0.717) is 13.0 Å². The van der Waals surface area contributed by atoms with E-state index < -0.39 is 0 Å². The number of aromatic nitrogens is 2. The van der Waals surface area contributed by atoms with E-state index in [9.17, 15) is 9.59 Å². The zero-order valence-electron chi connectivity index (χ0n) is 8.04. The van der Waals surface area contributed by atoms with Crippen LogP contribution in [-0.2, 0) is 4.79 Å². The molecule has 1 unspecified atom stereocenters. The number of piperidine rings is 1. The Labute approximate surface area is 81.1 Å². The summed E-state index contributed by atoms with van der Waals surface area (Å²) in [7, 11) is 0. The molecule has 5 heteroatoms. The Hall–Kier alpha value is -1.52. The molecule has 1 aromatic rings. The minimum atomic E-state index is -0.0938. The molecule has 1 amide bonds. The molecule has 2 N–H and O–H groups in total. The Kier molecular flexibility index (Phi) is 2.15. The Morgan fingerprint density at radius 3 is 2.79 bits per heavy atom. The molecule has 0 spiro atoms. The second-order valence-electron chi connectivity index (χ2n) is 3.60. The molecule has 2 rings (SSSR count). The Morgan fingerprint density at radius 2 is 2.29 bits per heavy atom. The van der Waals surface area contributed by atoms with E-state index in [1.165, 1.54) is 0 Å². The fourth-order valence-electron chi connectivity index (χ4n) is 1.86. The molecule has 1 fully saturated rings. The molecule has 14 heavy (non-hydrogen) atoms. The predicted molar refractivity (Wildman–Crippen MR) is 51.1 cm³/mol. The monoisotopic (exact) mass is 195 g/mol. The fraction of sp³-hybridized carbons (Fsp3) is 0.556. The lowest BCUT2D eigenvalue weighted by molar-refractivity contribution is -0.122. The summed E-state index contributed by atoms with van der Waals surface area (Å²) in [5.74, 6) is 0.0717. The first-order chi connectivity index (χ1) is 6.68. The van der Waals surface area contributed by atoms with Crippen LogP contribution in [0.4, 0.5) is 0 Å². The van der Waals surface area contributed by atoms with Crippen LogP contribution in [-0.4, -0.2) is 22.0 Å². The van der Waals surface area contributed by atoms with Crippen molar-refractivity contribution in [3.8, 4) is 0 Å². The van der Waals surface area contributed by atoms with Gasteiger partial charge >= 0.3 is 5.69 Å². The van der Waals surface area contributed by atoms with Crippen LogP contribution in [0.2, 0.25) is 0 Å². The smallest absolute Gasteiger partial charge is 0.326 e. The minimum Gasteiger partial charge on any atom is -0.354 e. The van der Waals surface area contributed by atoms with Gasteiger partial charge in [-0.15, -0.1) is 0 Å². The third kappa shape index (κ3) is 1.45. The summed E-state index contributed by atoms with van der Waals surface area (Å²) < 4.78 is 1.71. The summed E-state index contributed by atoms with van der Waals surface area (Å²) >= 11 is 0. The van der Waals surface area contributed by atoms with Gasteiger partial charge in [-0.3, -0.25) is 9.36 Å². The molecular weight excluding hydrogens is 182 g/mol. The van der Waals surface area contributed by atoms with Crippen LogP contribution in [0.5, 0.6) is 0 Å². The number of aromatic amines is 1. The number of hydrogen-bond donors (Lipinski definition) is 2. The number of carbonyl (C=O) groups excluding carboxylic acids is 1. The number of hydrogen-bond acceptors (Lipinski definition) is 2. The zero-order valence-corrected chi connectivity index (χ0v) is 8.04. The Morgan fingerprint density at radius 1 is 1.50 bits per heavy atom. The molecule has 0 saturated carbocycles. The summed E-state index contributed by atoms with van der Waals surface area (Å²) in [6.07, 6.45) is 2.94. The van der Waals surface area contributed by atoms with Gasteiger partial charge in [0.1, 0.15) is 0 Å². The lowest BCUT2D eigenvalue weighted by Gasteiger charge is -2.23. The number of nitrogens with zero attached hydrogens (tertiary/aromatic N) is 1. The van der Waals surface area contributed by atoms with Crippen LogP contribution in [0.3, 0.4) is 0 Å². The number of H-pyrrole nitrogens is 1. The summed E-state index contributed by atoms with van der Waals surface area (Å²) in [6, 6.07) is 0.103. The van der Waals surface area contributed by atoms with Gasteiger partial charge in [-0.25, -0.2) is 4.79 Å². The van der Waals surface area contributed by atoms with Crippen molar-refractivity contribution in [1.82, 2.24) is 14.9 Å². The minimum absolute atomic E-state index is 0.0717. The lowest BCUT2D eigenvalue weighted by Crippen LogP contribution is -2.39. The van der Waals surface area contributed by atoms with Crippen molar-refractivity contribution in [2.24, 2.45) is 0 Å². The standard InChI is InChI=1S/C9H13N3O2/c1-6-4-11-9(14)12(6)7-2-3-8(13)10-5-7/h4,7H,2-3,5H2,1H3,(H,10,13)(H,11,14). The molecule has 0 radical (unpaired) electrons. The number of aryl methyl sites for hydroxylation is 1. The topological polar surface area (TPSA) is 66.9 Å². The van der Waals surface area contributed by atoms with E-state index in [-0.39, 0.29) is 17.6 Å². The highest BCUT2D eigenvalue weighted by molar-refractivity contribution is 5.76. The molecule has 1 atom stereocenters. The molecule has 2 heterocycles. The van der Waals surface area contributed by atoms with Gasteiger partial charge in [0.15, 0.2) is 0 Å². The first-order valence-electron chi connectivity index (χ1n) is 4.71. The maximum atomic E-state index is 11.4. The quantitative estimate of drug-likeness (QED) is 0.659. The molecule has 5 nitrogen and oxygen atoms in total. The van der Waals surface area contributed by atoms with Crippen molar-refractivity contribution >= 4 is 5.91 Å². The van der Waals surface area contributed by atoms with Gasteiger partial charge in [-0.05, 0) is 13.3 Å². The second kappa shape index (κ2) is 3.32. The highest BCUT2D eigenvalue weighted by Gasteiger charge is 2.21. The van der Waals surface area contributed by atoms with Gasteiger partial charge in [0.05, 0.1) is 6.04 Å². The predicted octanol–water partition coefficient (Wildman–Crippen LogP) is -0.0641. The maximum absolute atomic E-state index is 11.4. The van der Waals surface area contributed by atoms with Gasteiger partial charge in [-0.1, -0.05) is 0 Å². The van der Waals surface area contributed by atoms with Crippen LogP contribution < -0.4 is 11.0 Å². The first-order valence-corrected chi connectivity index (χ1v) is 4.71. The normalized spacial score (nSPS) is 22.1. The van der Waals surface area contributed by atoms with Gasteiger partial charge < -0.3 is 10.3 Å². The van der Waals surface area contributed by atoms with Crippen molar-refractivity contribution in [3.05, 3.63) is 22.4 Å². The van der Waals surface area contributed by atoms with E-state index >= 15 is 0 Å². The van der Waals surface area contributed by atoms with Crippen molar-refractivity contribution < 1.29 is 4.79 Å². The average molecular weight is 195 g/mol. The summed E-state index contributed by atoms with van der Waals surface area (Å²) in [5, 5.41) is 2.76. The molecule has 1 aliphatic heterocycles. The van der Waals surface area contributed by atoms with Gasteiger partial charge in [0.2, 0.25) is 5.91 Å². The second-order valence-corrected chi connectivity index (χ2v) is 3.60. The maximum Gasteiger partial charge on any atom is 0.326 e. The third-order valence-corrected chi connectivity index (χ3v) is 2.61. The Balaban J connectivity index is 2.24. The van der Waals surface area contributed by atoms with E-state index in [4.69, 9.17) is 0 Å². The SMILES string of the molecule is Cc1c[nH]c(=O)n1C1CCC(=O)NC1. The number of rotatable bonds is 1. The van der Waals surface area contributed by atoms with Gasteiger partial charge in [0, 0.05) is 24.9 Å². The third-order valence-electron chi connectivity index (χ3n) is 2.61. The molecule has 1 saturated heterocycles. The highest BCUT2D eigenvalue weighted by Crippen LogP contribution is 2.16. The van der Waals surface area contributed by atoms with Gasteiger partial charge in [-0.2, -0.15) is 0 Å². The molecule has 0 aliphatic carbocycles. The van der Waals surface area contributed by atoms with Crippen molar-refractivity contribution in [3.63, 3.8) is 0 Å². The summed E-state index contributed by atoms with van der Waals surface area (Å²) in [4.78, 5) is 25.0. The Bertz CT molecular complexity index is 394. The first kappa shape index (κ1) is 9.05. The number of amides is 1. The zero-order chi connectivity index (χ0) is 10.1. The lowest BCUT2D eigenvalue weighted by atomic mass is 10.1. The number of carbonyl (C=O) groups is 1. The van der Waals surface area contributed by atoms with Crippen LogP contribution in [0.15, 0.2) is 11.0 Å². The number of imidazole rings is 1.